The Morgan fingerprint density at radius 1 is 1.00 bits per heavy atom. The summed E-state index contributed by atoms with van der Waals surface area (Å²) in [6, 6.07) is 16.3. The molecule has 1 fully saturated rings. The van der Waals surface area contributed by atoms with Gasteiger partial charge in [-0.2, -0.15) is 0 Å². The maximum atomic E-state index is 13.1. The highest BCUT2D eigenvalue weighted by Crippen LogP contribution is 2.23. The first-order valence-electron chi connectivity index (χ1n) is 8.95. The van der Waals surface area contributed by atoms with Gasteiger partial charge in [-0.3, -0.25) is 4.79 Å². The first kappa shape index (κ1) is 18.1. The third-order valence-corrected chi connectivity index (χ3v) is 4.77. The van der Waals surface area contributed by atoms with Crippen LogP contribution in [-0.4, -0.2) is 38.6 Å². The van der Waals surface area contributed by atoms with Gasteiger partial charge in [0.15, 0.2) is 0 Å². The molecule has 0 aliphatic carbocycles. The van der Waals surface area contributed by atoms with Crippen molar-refractivity contribution in [2.24, 2.45) is 5.92 Å². The second-order valence-electron chi connectivity index (χ2n) is 6.51. The van der Waals surface area contributed by atoms with Crippen LogP contribution in [0.25, 0.3) is 0 Å². The molecule has 136 valence electrons. The number of carbonyl (C=O) groups excluding carboxylic acids is 2. The smallest absolute Gasteiger partial charge is 0.337 e. The molecule has 0 spiro atoms. The van der Waals surface area contributed by atoms with Gasteiger partial charge in [0, 0.05) is 17.8 Å². The molecular weight excluding hydrogens is 328 g/mol. The lowest BCUT2D eigenvalue weighted by atomic mass is 9.97. The second-order valence-corrected chi connectivity index (χ2v) is 6.51. The fourth-order valence-electron chi connectivity index (χ4n) is 3.26. The summed E-state index contributed by atoms with van der Waals surface area (Å²) >= 11 is 0. The number of esters is 1. The molecule has 1 aliphatic heterocycles. The number of amides is 1. The largest absolute Gasteiger partial charge is 0.465 e. The van der Waals surface area contributed by atoms with E-state index in [2.05, 4.69) is 5.32 Å². The number of nitrogens with zero attached hydrogens (tertiary/aromatic N) is 1. The highest BCUT2D eigenvalue weighted by atomic mass is 16.5. The zero-order valence-corrected chi connectivity index (χ0v) is 15.0. The summed E-state index contributed by atoms with van der Waals surface area (Å²) in [5.41, 5.74) is 1.94. The van der Waals surface area contributed by atoms with Crippen LogP contribution in [0.5, 0.6) is 0 Å². The van der Waals surface area contributed by atoms with Crippen LogP contribution >= 0.6 is 0 Å². The highest BCUT2D eigenvalue weighted by Gasteiger charge is 2.23. The SMILES string of the molecule is COC(=O)c1ccc(N(CC2CCNCC2)C(=O)c2ccccc2)cc1. The lowest BCUT2D eigenvalue weighted by Crippen LogP contribution is -2.39. The van der Waals surface area contributed by atoms with Gasteiger partial charge < -0.3 is 15.0 Å². The summed E-state index contributed by atoms with van der Waals surface area (Å²) in [6.45, 7) is 2.64. The highest BCUT2D eigenvalue weighted by molar-refractivity contribution is 6.06. The van der Waals surface area contributed by atoms with E-state index in [-0.39, 0.29) is 11.9 Å². The van der Waals surface area contributed by atoms with Crippen LogP contribution in [0.15, 0.2) is 54.6 Å². The molecule has 0 atom stereocenters. The number of hydrogen-bond donors (Lipinski definition) is 1. The average Bonchev–Trinajstić information content (AvgIpc) is 2.72. The summed E-state index contributed by atoms with van der Waals surface area (Å²) < 4.78 is 4.75. The van der Waals surface area contributed by atoms with Crippen molar-refractivity contribution in [2.45, 2.75) is 12.8 Å². The number of ether oxygens (including phenoxy) is 1. The number of nitrogens with one attached hydrogen (secondary N) is 1. The van der Waals surface area contributed by atoms with E-state index in [0.29, 0.717) is 23.6 Å². The van der Waals surface area contributed by atoms with E-state index in [0.717, 1.165) is 31.6 Å². The van der Waals surface area contributed by atoms with Crippen LogP contribution in [0.3, 0.4) is 0 Å². The standard InChI is InChI=1S/C21H24N2O3/c1-26-21(25)18-7-9-19(10-8-18)23(15-16-11-13-22-14-12-16)20(24)17-5-3-2-4-6-17/h2-10,16,22H,11-15H2,1H3. The molecule has 1 heterocycles. The predicted molar refractivity (Wildman–Crippen MR) is 101 cm³/mol. The number of piperidine rings is 1. The van der Waals surface area contributed by atoms with Gasteiger partial charge in [0.2, 0.25) is 0 Å². The Morgan fingerprint density at radius 2 is 1.65 bits per heavy atom. The average molecular weight is 352 g/mol. The van der Waals surface area contributed by atoms with Crippen molar-refractivity contribution in [3.8, 4) is 0 Å². The van der Waals surface area contributed by atoms with Crippen LogP contribution in [-0.2, 0) is 4.74 Å². The van der Waals surface area contributed by atoms with Crippen molar-refractivity contribution in [3.05, 3.63) is 65.7 Å². The summed E-state index contributed by atoms with van der Waals surface area (Å²) in [5, 5.41) is 3.36. The fraction of sp³-hybridized carbons (Fsp3) is 0.333. The van der Waals surface area contributed by atoms with Crippen molar-refractivity contribution >= 4 is 17.6 Å². The first-order valence-corrected chi connectivity index (χ1v) is 8.95. The minimum Gasteiger partial charge on any atom is -0.465 e. The normalized spacial score (nSPS) is 14.7. The van der Waals surface area contributed by atoms with E-state index < -0.39 is 0 Å². The molecule has 1 amide bonds. The molecule has 0 unspecified atom stereocenters. The fourth-order valence-corrected chi connectivity index (χ4v) is 3.26. The summed E-state index contributed by atoms with van der Waals surface area (Å²) in [6.07, 6.45) is 2.11. The van der Waals surface area contributed by atoms with Crippen molar-refractivity contribution in [1.29, 1.82) is 0 Å². The van der Waals surface area contributed by atoms with Crippen molar-refractivity contribution in [1.82, 2.24) is 5.32 Å². The Hall–Kier alpha value is -2.66. The van der Waals surface area contributed by atoms with Crippen LogP contribution in [0, 0.1) is 5.92 Å². The maximum Gasteiger partial charge on any atom is 0.337 e. The monoisotopic (exact) mass is 352 g/mol. The Balaban J connectivity index is 1.86. The third kappa shape index (κ3) is 4.29. The Labute approximate surface area is 154 Å². The molecule has 1 N–H and O–H groups in total. The molecule has 1 saturated heterocycles. The Morgan fingerprint density at radius 3 is 2.27 bits per heavy atom. The van der Waals surface area contributed by atoms with Crippen LogP contribution < -0.4 is 10.2 Å². The molecule has 5 heteroatoms. The molecule has 2 aromatic carbocycles. The third-order valence-electron chi connectivity index (χ3n) is 4.77. The van der Waals surface area contributed by atoms with Gasteiger partial charge >= 0.3 is 5.97 Å². The van der Waals surface area contributed by atoms with Gasteiger partial charge in [-0.25, -0.2) is 4.79 Å². The lowest BCUT2D eigenvalue weighted by molar-refractivity contribution is 0.0600. The molecule has 0 bridgehead atoms. The zero-order valence-electron chi connectivity index (χ0n) is 15.0. The first-order chi connectivity index (χ1) is 12.7. The molecule has 1 aliphatic rings. The van der Waals surface area contributed by atoms with Gasteiger partial charge in [-0.1, -0.05) is 18.2 Å². The van der Waals surface area contributed by atoms with Gasteiger partial charge in [0.25, 0.3) is 5.91 Å². The summed E-state index contributed by atoms with van der Waals surface area (Å²) in [4.78, 5) is 26.6. The number of hydrogen-bond acceptors (Lipinski definition) is 4. The summed E-state index contributed by atoms with van der Waals surface area (Å²) in [7, 11) is 1.36. The summed E-state index contributed by atoms with van der Waals surface area (Å²) in [5.74, 6) is 0.0648. The number of carbonyl (C=O) groups is 2. The van der Waals surface area contributed by atoms with E-state index >= 15 is 0 Å². The maximum absolute atomic E-state index is 13.1. The number of methoxy groups -OCH3 is 1. The van der Waals surface area contributed by atoms with E-state index in [1.54, 1.807) is 12.1 Å². The van der Waals surface area contributed by atoms with E-state index in [1.807, 2.05) is 47.4 Å². The number of benzene rings is 2. The Kier molecular flexibility index (Phi) is 6.02. The van der Waals surface area contributed by atoms with E-state index in [4.69, 9.17) is 4.74 Å². The molecule has 0 aromatic heterocycles. The van der Waals surface area contributed by atoms with E-state index in [1.165, 1.54) is 7.11 Å². The predicted octanol–water partition coefficient (Wildman–Crippen LogP) is 3.12. The van der Waals surface area contributed by atoms with Gasteiger partial charge in [-0.15, -0.1) is 0 Å². The quantitative estimate of drug-likeness (QED) is 0.840. The minimum absolute atomic E-state index is 0.0186. The number of anilines is 1. The van der Waals surface area contributed by atoms with Crippen LogP contribution in [0.1, 0.15) is 33.6 Å². The Bertz CT molecular complexity index is 738. The lowest BCUT2D eigenvalue weighted by Gasteiger charge is -2.30. The molecule has 0 saturated carbocycles. The molecule has 2 aromatic rings. The van der Waals surface area contributed by atoms with Gasteiger partial charge in [0.1, 0.15) is 0 Å². The topological polar surface area (TPSA) is 58.6 Å². The van der Waals surface area contributed by atoms with Crippen molar-refractivity contribution in [3.63, 3.8) is 0 Å². The van der Waals surface area contributed by atoms with E-state index in [9.17, 15) is 9.59 Å². The molecular formula is C21H24N2O3. The van der Waals surface area contributed by atoms with Crippen LogP contribution in [0.2, 0.25) is 0 Å². The minimum atomic E-state index is -0.379. The van der Waals surface area contributed by atoms with Crippen molar-refractivity contribution < 1.29 is 14.3 Å². The zero-order chi connectivity index (χ0) is 18.4. The molecule has 3 rings (SSSR count). The van der Waals surface area contributed by atoms with Crippen molar-refractivity contribution in [2.75, 3.05) is 31.6 Å². The van der Waals surface area contributed by atoms with Gasteiger partial charge in [0.05, 0.1) is 12.7 Å². The van der Waals surface area contributed by atoms with Gasteiger partial charge in [-0.05, 0) is 68.2 Å². The molecule has 5 nitrogen and oxygen atoms in total. The molecule has 0 radical (unpaired) electrons. The van der Waals surface area contributed by atoms with Crippen LogP contribution in [0.4, 0.5) is 5.69 Å². The molecule has 26 heavy (non-hydrogen) atoms. The number of rotatable bonds is 5. The second kappa shape index (κ2) is 8.63.